The molecule has 0 saturated carbocycles. The summed E-state index contributed by atoms with van der Waals surface area (Å²) in [7, 11) is 1.36. The molecule has 0 spiro atoms. The number of carbonyl (C=O) groups excluding carboxylic acids is 2. The van der Waals surface area contributed by atoms with Gasteiger partial charge in [-0.1, -0.05) is 54.2 Å². The summed E-state index contributed by atoms with van der Waals surface area (Å²) in [5, 5.41) is 6.96. The lowest BCUT2D eigenvalue weighted by Crippen LogP contribution is -2.34. The number of ether oxygens (including phenoxy) is 1. The number of methoxy groups -OCH3 is 1. The van der Waals surface area contributed by atoms with Gasteiger partial charge in [0, 0.05) is 11.7 Å². The fourth-order valence-electron chi connectivity index (χ4n) is 3.14. The molecule has 0 saturated heterocycles. The molecule has 1 heterocycles. The number of nitrogens with zero attached hydrogens (tertiary/aromatic N) is 1. The number of benzene rings is 2. The normalized spacial score (nSPS) is 13.6. The molecular weight excluding hydrogens is 410 g/mol. The van der Waals surface area contributed by atoms with Gasteiger partial charge in [0.1, 0.15) is 0 Å². The average Bonchev–Trinajstić information content (AvgIpc) is 2.95. The quantitative estimate of drug-likeness (QED) is 0.596. The number of aryl methyl sites for hydroxylation is 1. The zero-order chi connectivity index (χ0) is 22.1. The van der Waals surface area contributed by atoms with Crippen LogP contribution >= 0.6 is 11.8 Å². The third-order valence-corrected chi connectivity index (χ3v) is 5.67. The minimum absolute atomic E-state index is 0.0401. The second-order valence-corrected chi connectivity index (χ2v) is 8.29. The summed E-state index contributed by atoms with van der Waals surface area (Å²) < 4.78 is 4.78. The van der Waals surface area contributed by atoms with Crippen LogP contribution in [0.4, 0.5) is 11.4 Å². The molecule has 2 aromatic carbocycles. The molecule has 0 aliphatic carbocycles. The SMILES string of the molecule is COC(=O)CC1=CC(SCC(=O)NC(C)CCc2ccccc2)=Nc2ccccc2N1. The van der Waals surface area contributed by atoms with Crippen LogP contribution in [-0.4, -0.2) is 35.8 Å². The van der Waals surface area contributed by atoms with Gasteiger partial charge in [-0.05, 0) is 43.5 Å². The number of nitrogens with one attached hydrogen (secondary N) is 2. The van der Waals surface area contributed by atoms with Gasteiger partial charge in [0.05, 0.1) is 35.7 Å². The van der Waals surface area contributed by atoms with E-state index in [0.717, 1.165) is 24.2 Å². The molecule has 7 heteroatoms. The van der Waals surface area contributed by atoms with Crippen LogP contribution in [0.3, 0.4) is 0 Å². The minimum atomic E-state index is -0.340. The van der Waals surface area contributed by atoms with Gasteiger partial charge in [0.15, 0.2) is 0 Å². The highest BCUT2D eigenvalue weighted by Gasteiger charge is 2.16. The Kier molecular flexibility index (Phi) is 8.29. The molecule has 0 aromatic heterocycles. The number of rotatable bonds is 8. The molecule has 1 amide bonds. The lowest BCUT2D eigenvalue weighted by Gasteiger charge is -2.14. The predicted molar refractivity (Wildman–Crippen MR) is 127 cm³/mol. The molecule has 0 radical (unpaired) electrons. The van der Waals surface area contributed by atoms with Gasteiger partial charge in [-0.2, -0.15) is 0 Å². The van der Waals surface area contributed by atoms with Gasteiger partial charge in [-0.3, -0.25) is 9.59 Å². The molecule has 1 unspecified atom stereocenters. The number of hydrogen-bond acceptors (Lipinski definition) is 6. The Morgan fingerprint density at radius 3 is 2.65 bits per heavy atom. The standard InChI is InChI=1S/C24H27N3O3S/c1-17(12-13-18-8-4-3-5-9-18)25-22(28)16-31-23-14-19(15-24(29)30-2)26-20-10-6-7-11-21(20)27-23/h3-11,14,17,26H,12-13,15-16H2,1-2H3,(H,25,28). The number of aliphatic imine (C=N–C) groups is 1. The number of hydrogen-bond donors (Lipinski definition) is 2. The van der Waals surface area contributed by atoms with Crippen molar-refractivity contribution in [3.05, 3.63) is 71.9 Å². The number of anilines is 1. The number of amides is 1. The van der Waals surface area contributed by atoms with Crippen molar-refractivity contribution < 1.29 is 14.3 Å². The number of carbonyl (C=O) groups is 2. The van der Waals surface area contributed by atoms with E-state index in [0.29, 0.717) is 10.7 Å². The fourth-order valence-corrected chi connectivity index (χ4v) is 3.89. The molecule has 3 rings (SSSR count). The van der Waals surface area contributed by atoms with Crippen LogP contribution in [0.25, 0.3) is 0 Å². The van der Waals surface area contributed by atoms with Crippen molar-refractivity contribution in [3.8, 4) is 0 Å². The molecule has 6 nitrogen and oxygen atoms in total. The monoisotopic (exact) mass is 437 g/mol. The van der Waals surface area contributed by atoms with E-state index in [1.807, 2.05) is 49.4 Å². The Morgan fingerprint density at radius 2 is 1.87 bits per heavy atom. The molecule has 31 heavy (non-hydrogen) atoms. The van der Waals surface area contributed by atoms with Gasteiger partial charge in [-0.15, -0.1) is 0 Å². The van der Waals surface area contributed by atoms with Gasteiger partial charge < -0.3 is 15.4 Å². The maximum atomic E-state index is 12.4. The van der Waals surface area contributed by atoms with Crippen molar-refractivity contribution in [2.24, 2.45) is 4.99 Å². The van der Waals surface area contributed by atoms with Gasteiger partial charge in [0.2, 0.25) is 5.91 Å². The summed E-state index contributed by atoms with van der Waals surface area (Å²) in [6.07, 6.45) is 3.70. The Balaban J connectivity index is 1.57. The molecule has 1 atom stereocenters. The summed E-state index contributed by atoms with van der Waals surface area (Å²) >= 11 is 1.35. The summed E-state index contributed by atoms with van der Waals surface area (Å²) in [4.78, 5) is 28.9. The summed E-state index contributed by atoms with van der Waals surface area (Å²) in [6.45, 7) is 2.02. The number of para-hydroxylation sites is 2. The predicted octanol–water partition coefficient (Wildman–Crippen LogP) is 4.46. The molecule has 1 aliphatic heterocycles. The highest BCUT2D eigenvalue weighted by molar-refractivity contribution is 8.14. The number of thioether (sulfide) groups is 1. The van der Waals surface area contributed by atoms with E-state index in [2.05, 4.69) is 27.8 Å². The van der Waals surface area contributed by atoms with Crippen LogP contribution in [-0.2, 0) is 20.7 Å². The molecule has 0 bridgehead atoms. The molecular formula is C24H27N3O3S. The molecule has 2 aromatic rings. The smallest absolute Gasteiger partial charge is 0.311 e. The molecule has 1 aliphatic rings. The van der Waals surface area contributed by atoms with Crippen LogP contribution in [0.2, 0.25) is 0 Å². The molecule has 0 fully saturated rings. The van der Waals surface area contributed by atoms with E-state index >= 15 is 0 Å². The van der Waals surface area contributed by atoms with E-state index in [1.54, 1.807) is 6.08 Å². The Labute approximate surface area is 187 Å². The van der Waals surface area contributed by atoms with Gasteiger partial charge >= 0.3 is 5.97 Å². The number of esters is 1. The Hall–Kier alpha value is -3.06. The lowest BCUT2D eigenvalue weighted by molar-refractivity contribution is -0.139. The first kappa shape index (κ1) is 22.6. The van der Waals surface area contributed by atoms with Crippen molar-refractivity contribution in [3.63, 3.8) is 0 Å². The van der Waals surface area contributed by atoms with E-state index in [1.165, 1.54) is 24.4 Å². The maximum absolute atomic E-state index is 12.4. The topological polar surface area (TPSA) is 79.8 Å². The average molecular weight is 438 g/mol. The van der Waals surface area contributed by atoms with Crippen LogP contribution in [0.5, 0.6) is 0 Å². The maximum Gasteiger partial charge on any atom is 0.311 e. The fraction of sp³-hybridized carbons (Fsp3) is 0.292. The number of fused-ring (bicyclic) bond motifs is 1. The third kappa shape index (κ3) is 7.29. The zero-order valence-electron chi connectivity index (χ0n) is 17.8. The van der Waals surface area contributed by atoms with E-state index < -0.39 is 0 Å². The summed E-state index contributed by atoms with van der Waals surface area (Å²) in [5.74, 6) is -0.132. The van der Waals surface area contributed by atoms with E-state index in [9.17, 15) is 9.59 Å². The lowest BCUT2D eigenvalue weighted by atomic mass is 10.1. The minimum Gasteiger partial charge on any atom is -0.469 e. The first-order chi connectivity index (χ1) is 15.0. The second kappa shape index (κ2) is 11.4. The van der Waals surface area contributed by atoms with Crippen LogP contribution in [0.1, 0.15) is 25.3 Å². The molecule has 2 N–H and O–H groups in total. The summed E-state index contributed by atoms with van der Waals surface area (Å²) in [6, 6.07) is 17.9. The van der Waals surface area contributed by atoms with Crippen molar-refractivity contribution in [1.82, 2.24) is 5.32 Å². The summed E-state index contributed by atoms with van der Waals surface area (Å²) in [5.41, 5.74) is 3.52. The van der Waals surface area contributed by atoms with Crippen molar-refractivity contribution in [1.29, 1.82) is 0 Å². The van der Waals surface area contributed by atoms with Crippen molar-refractivity contribution in [2.75, 3.05) is 18.2 Å². The van der Waals surface area contributed by atoms with Crippen molar-refractivity contribution >= 4 is 40.1 Å². The van der Waals surface area contributed by atoms with Crippen LogP contribution in [0.15, 0.2) is 71.4 Å². The molecule has 162 valence electrons. The third-order valence-electron chi connectivity index (χ3n) is 4.76. The highest BCUT2D eigenvalue weighted by atomic mass is 32.2. The highest BCUT2D eigenvalue weighted by Crippen LogP contribution is 2.31. The Bertz CT molecular complexity index is 973. The largest absolute Gasteiger partial charge is 0.469 e. The first-order valence-corrected chi connectivity index (χ1v) is 11.2. The zero-order valence-corrected chi connectivity index (χ0v) is 18.6. The second-order valence-electron chi connectivity index (χ2n) is 7.30. The van der Waals surface area contributed by atoms with Crippen molar-refractivity contribution in [2.45, 2.75) is 32.2 Å². The first-order valence-electron chi connectivity index (χ1n) is 10.2. The van der Waals surface area contributed by atoms with E-state index in [-0.39, 0.29) is 30.1 Å². The van der Waals surface area contributed by atoms with E-state index in [4.69, 9.17) is 4.74 Å². The van der Waals surface area contributed by atoms with Crippen LogP contribution < -0.4 is 10.6 Å². The van der Waals surface area contributed by atoms with Gasteiger partial charge in [0.25, 0.3) is 0 Å². The Morgan fingerprint density at radius 1 is 1.13 bits per heavy atom. The van der Waals surface area contributed by atoms with Crippen LogP contribution in [0, 0.1) is 0 Å². The van der Waals surface area contributed by atoms with Gasteiger partial charge in [-0.25, -0.2) is 4.99 Å².